The van der Waals surface area contributed by atoms with Crippen LogP contribution >= 0.6 is 0 Å². The molecular formula is C14H19NO2. The summed E-state index contributed by atoms with van der Waals surface area (Å²) in [6.45, 7) is 5.63. The molecule has 1 aromatic carbocycles. The lowest BCUT2D eigenvalue weighted by molar-refractivity contribution is 0.0600. The summed E-state index contributed by atoms with van der Waals surface area (Å²) in [5.41, 5.74) is 1.87. The van der Waals surface area contributed by atoms with Gasteiger partial charge in [-0.05, 0) is 36.6 Å². The molecule has 1 saturated heterocycles. The second kappa shape index (κ2) is 5.32. The van der Waals surface area contributed by atoms with E-state index in [9.17, 15) is 4.79 Å². The number of likely N-dealkylation sites (tertiary alicyclic amines) is 1. The van der Waals surface area contributed by atoms with E-state index in [-0.39, 0.29) is 5.97 Å². The van der Waals surface area contributed by atoms with Gasteiger partial charge in [0.05, 0.1) is 12.7 Å². The second-order valence-electron chi connectivity index (χ2n) is 4.82. The lowest BCUT2D eigenvalue weighted by Gasteiger charge is -2.15. The summed E-state index contributed by atoms with van der Waals surface area (Å²) in [5, 5.41) is 0. The maximum absolute atomic E-state index is 11.3. The van der Waals surface area contributed by atoms with Crippen LogP contribution in [0.15, 0.2) is 24.3 Å². The summed E-state index contributed by atoms with van der Waals surface area (Å²) in [7, 11) is 1.40. The third-order valence-electron chi connectivity index (χ3n) is 3.29. The minimum atomic E-state index is -0.272. The van der Waals surface area contributed by atoms with E-state index in [1.54, 1.807) is 0 Å². The van der Waals surface area contributed by atoms with Gasteiger partial charge in [-0.1, -0.05) is 19.1 Å². The molecule has 1 atom stereocenters. The van der Waals surface area contributed by atoms with Crippen LogP contribution in [-0.4, -0.2) is 31.1 Å². The molecule has 1 heterocycles. The van der Waals surface area contributed by atoms with E-state index in [1.165, 1.54) is 32.2 Å². The lowest BCUT2D eigenvalue weighted by atomic mass is 10.1. The van der Waals surface area contributed by atoms with Crippen LogP contribution in [-0.2, 0) is 11.3 Å². The predicted octanol–water partition coefficient (Wildman–Crippen LogP) is 2.32. The number of carbonyl (C=O) groups is 1. The van der Waals surface area contributed by atoms with Crippen LogP contribution in [0.1, 0.15) is 29.3 Å². The summed E-state index contributed by atoms with van der Waals surface area (Å²) in [6, 6.07) is 7.69. The van der Waals surface area contributed by atoms with Gasteiger partial charge in [0, 0.05) is 13.1 Å². The second-order valence-corrected chi connectivity index (χ2v) is 4.82. The Bertz CT molecular complexity index is 386. The van der Waals surface area contributed by atoms with E-state index in [1.807, 2.05) is 24.3 Å². The summed E-state index contributed by atoms with van der Waals surface area (Å²) >= 11 is 0. The molecule has 0 aromatic heterocycles. The fourth-order valence-electron chi connectivity index (χ4n) is 2.29. The monoisotopic (exact) mass is 233 g/mol. The molecule has 17 heavy (non-hydrogen) atoms. The average Bonchev–Trinajstić information content (AvgIpc) is 2.75. The Morgan fingerprint density at radius 1 is 1.41 bits per heavy atom. The van der Waals surface area contributed by atoms with Crippen molar-refractivity contribution in [3.63, 3.8) is 0 Å². The van der Waals surface area contributed by atoms with Crippen LogP contribution in [0.2, 0.25) is 0 Å². The minimum Gasteiger partial charge on any atom is -0.465 e. The Balaban J connectivity index is 1.96. The van der Waals surface area contributed by atoms with Crippen LogP contribution in [0.5, 0.6) is 0 Å². The van der Waals surface area contributed by atoms with E-state index >= 15 is 0 Å². The molecule has 92 valence electrons. The van der Waals surface area contributed by atoms with Crippen molar-refractivity contribution >= 4 is 5.97 Å². The number of nitrogens with zero attached hydrogens (tertiary/aromatic N) is 1. The normalized spacial score (nSPS) is 20.5. The van der Waals surface area contributed by atoms with Crippen molar-refractivity contribution in [2.45, 2.75) is 19.9 Å². The molecule has 0 saturated carbocycles. The molecule has 0 spiro atoms. The highest BCUT2D eigenvalue weighted by Gasteiger charge is 2.18. The number of benzene rings is 1. The van der Waals surface area contributed by atoms with E-state index < -0.39 is 0 Å². The molecule has 0 bridgehead atoms. The molecule has 1 aromatic rings. The van der Waals surface area contributed by atoms with Gasteiger partial charge in [-0.2, -0.15) is 0 Å². The van der Waals surface area contributed by atoms with Gasteiger partial charge in [0.1, 0.15) is 0 Å². The Hall–Kier alpha value is -1.35. The average molecular weight is 233 g/mol. The highest BCUT2D eigenvalue weighted by Crippen LogP contribution is 2.18. The molecule has 1 fully saturated rings. The van der Waals surface area contributed by atoms with Crippen molar-refractivity contribution < 1.29 is 9.53 Å². The number of methoxy groups -OCH3 is 1. The van der Waals surface area contributed by atoms with Crippen LogP contribution in [0, 0.1) is 5.92 Å². The van der Waals surface area contributed by atoms with Crippen molar-refractivity contribution in [3.8, 4) is 0 Å². The highest BCUT2D eigenvalue weighted by atomic mass is 16.5. The lowest BCUT2D eigenvalue weighted by Crippen LogP contribution is -2.19. The fraction of sp³-hybridized carbons (Fsp3) is 0.500. The standard InChI is InChI=1S/C14H19NO2/c1-11-7-8-15(9-11)10-12-3-5-13(6-4-12)14(16)17-2/h3-6,11H,7-10H2,1-2H3. The number of hydrogen-bond donors (Lipinski definition) is 0. The summed E-state index contributed by atoms with van der Waals surface area (Å²) in [6.07, 6.45) is 1.29. The van der Waals surface area contributed by atoms with Crippen molar-refractivity contribution in [2.24, 2.45) is 5.92 Å². The number of hydrogen-bond acceptors (Lipinski definition) is 3. The van der Waals surface area contributed by atoms with Crippen LogP contribution in [0.25, 0.3) is 0 Å². The summed E-state index contributed by atoms with van der Waals surface area (Å²) in [5.74, 6) is 0.538. The molecule has 1 aliphatic rings. The molecule has 0 radical (unpaired) electrons. The summed E-state index contributed by atoms with van der Waals surface area (Å²) < 4.78 is 4.67. The minimum absolute atomic E-state index is 0.272. The number of ether oxygens (including phenoxy) is 1. The van der Waals surface area contributed by atoms with E-state index in [0.717, 1.165) is 12.5 Å². The van der Waals surface area contributed by atoms with Gasteiger partial charge in [-0.3, -0.25) is 4.90 Å². The molecule has 0 N–H and O–H groups in total. The molecule has 1 aliphatic heterocycles. The van der Waals surface area contributed by atoms with Gasteiger partial charge in [0.25, 0.3) is 0 Å². The topological polar surface area (TPSA) is 29.5 Å². The third kappa shape index (κ3) is 3.07. The predicted molar refractivity (Wildman–Crippen MR) is 66.8 cm³/mol. The number of rotatable bonds is 3. The molecule has 0 amide bonds. The zero-order valence-electron chi connectivity index (χ0n) is 10.5. The first-order chi connectivity index (χ1) is 8.19. The van der Waals surface area contributed by atoms with Crippen molar-refractivity contribution in [1.82, 2.24) is 4.90 Å². The zero-order valence-corrected chi connectivity index (χ0v) is 10.5. The quantitative estimate of drug-likeness (QED) is 0.750. The summed E-state index contributed by atoms with van der Waals surface area (Å²) in [4.78, 5) is 13.7. The van der Waals surface area contributed by atoms with Gasteiger partial charge in [0.15, 0.2) is 0 Å². The van der Waals surface area contributed by atoms with Gasteiger partial charge in [-0.25, -0.2) is 4.79 Å². The number of carbonyl (C=O) groups excluding carboxylic acids is 1. The Morgan fingerprint density at radius 3 is 2.65 bits per heavy atom. The molecule has 0 aliphatic carbocycles. The molecule has 2 rings (SSSR count). The van der Waals surface area contributed by atoms with Crippen LogP contribution in [0.3, 0.4) is 0 Å². The van der Waals surface area contributed by atoms with Crippen molar-refractivity contribution in [2.75, 3.05) is 20.2 Å². The molecule has 3 heteroatoms. The maximum atomic E-state index is 11.3. The Labute approximate surface area is 102 Å². The first-order valence-electron chi connectivity index (χ1n) is 6.08. The van der Waals surface area contributed by atoms with Crippen LogP contribution in [0.4, 0.5) is 0 Å². The van der Waals surface area contributed by atoms with E-state index in [2.05, 4.69) is 16.6 Å². The first-order valence-corrected chi connectivity index (χ1v) is 6.08. The smallest absolute Gasteiger partial charge is 0.337 e. The molecule has 1 unspecified atom stereocenters. The SMILES string of the molecule is COC(=O)c1ccc(CN2CCC(C)C2)cc1. The van der Waals surface area contributed by atoms with Crippen molar-refractivity contribution in [1.29, 1.82) is 0 Å². The first kappa shape index (κ1) is 12.1. The zero-order chi connectivity index (χ0) is 12.3. The van der Waals surface area contributed by atoms with Gasteiger partial charge in [-0.15, -0.1) is 0 Å². The van der Waals surface area contributed by atoms with Gasteiger partial charge in [0.2, 0.25) is 0 Å². The van der Waals surface area contributed by atoms with Gasteiger partial charge >= 0.3 is 5.97 Å². The third-order valence-corrected chi connectivity index (χ3v) is 3.29. The molecular weight excluding hydrogens is 214 g/mol. The Morgan fingerprint density at radius 2 is 2.12 bits per heavy atom. The van der Waals surface area contributed by atoms with E-state index in [4.69, 9.17) is 0 Å². The Kier molecular flexibility index (Phi) is 3.79. The molecule has 3 nitrogen and oxygen atoms in total. The fourth-order valence-corrected chi connectivity index (χ4v) is 2.29. The largest absolute Gasteiger partial charge is 0.465 e. The van der Waals surface area contributed by atoms with Crippen LogP contribution < -0.4 is 0 Å². The maximum Gasteiger partial charge on any atom is 0.337 e. The number of esters is 1. The van der Waals surface area contributed by atoms with E-state index in [0.29, 0.717) is 5.56 Å². The highest BCUT2D eigenvalue weighted by molar-refractivity contribution is 5.89. The van der Waals surface area contributed by atoms with Crippen molar-refractivity contribution in [3.05, 3.63) is 35.4 Å². The van der Waals surface area contributed by atoms with Gasteiger partial charge < -0.3 is 4.74 Å².